The number of rotatable bonds is 7. The Morgan fingerprint density at radius 2 is 1.91 bits per heavy atom. The van der Waals surface area contributed by atoms with E-state index in [0.717, 1.165) is 45.1 Å². The maximum atomic E-state index is 9.32. The predicted molar refractivity (Wildman–Crippen MR) is 48.4 cm³/mol. The first-order valence-corrected chi connectivity index (χ1v) is 4.69. The Hall–Kier alpha value is -0.0800. The Kier molecular flexibility index (Phi) is 7.96. The Balaban J connectivity index is 2.97. The molecule has 11 heavy (non-hydrogen) atoms. The van der Waals surface area contributed by atoms with E-state index in [1.165, 1.54) is 0 Å². The van der Waals surface area contributed by atoms with Gasteiger partial charge in [0.1, 0.15) is 0 Å². The van der Waals surface area contributed by atoms with E-state index >= 15 is 0 Å². The number of nitrogens with two attached hydrogens (primary N) is 1. The van der Waals surface area contributed by atoms with E-state index in [0.29, 0.717) is 0 Å². The summed E-state index contributed by atoms with van der Waals surface area (Å²) >= 11 is 0. The van der Waals surface area contributed by atoms with Gasteiger partial charge in [-0.15, -0.1) is 0 Å². The highest BCUT2D eigenvalue weighted by Gasteiger charge is 2.00. The first-order valence-electron chi connectivity index (χ1n) is 4.69. The molecule has 0 radical (unpaired) electrons. The maximum Gasteiger partial charge on any atom is 0.0540 e. The van der Waals surface area contributed by atoms with E-state index in [1.54, 1.807) is 0 Å². The molecule has 0 heterocycles. The minimum Gasteiger partial charge on any atom is -0.393 e. The van der Waals surface area contributed by atoms with Crippen molar-refractivity contribution < 1.29 is 5.11 Å². The number of aliphatic hydroxyl groups excluding tert-OH is 1. The summed E-state index contributed by atoms with van der Waals surface area (Å²) in [6, 6.07) is 0. The molecule has 0 bridgehead atoms. The highest BCUT2D eigenvalue weighted by atomic mass is 16.3. The summed E-state index contributed by atoms with van der Waals surface area (Å²) in [5, 5.41) is 9.32. The summed E-state index contributed by atoms with van der Waals surface area (Å²) < 4.78 is 0. The second-order valence-corrected chi connectivity index (χ2v) is 3.08. The fourth-order valence-electron chi connectivity index (χ4n) is 1.18. The largest absolute Gasteiger partial charge is 0.393 e. The van der Waals surface area contributed by atoms with Crippen molar-refractivity contribution in [2.75, 3.05) is 6.54 Å². The van der Waals surface area contributed by atoms with Gasteiger partial charge in [-0.1, -0.05) is 26.2 Å². The lowest BCUT2D eigenvalue weighted by Crippen LogP contribution is -2.05. The molecule has 0 saturated heterocycles. The second-order valence-electron chi connectivity index (χ2n) is 3.08. The molecule has 0 aliphatic carbocycles. The molecule has 0 saturated carbocycles. The van der Waals surface area contributed by atoms with E-state index < -0.39 is 0 Å². The third kappa shape index (κ3) is 7.82. The van der Waals surface area contributed by atoms with Crippen molar-refractivity contribution in [1.82, 2.24) is 0 Å². The number of aliphatic hydroxyl groups is 1. The van der Waals surface area contributed by atoms with E-state index in [1.807, 2.05) is 0 Å². The molecular formula is C9H21NO. The van der Waals surface area contributed by atoms with Crippen molar-refractivity contribution in [3.63, 3.8) is 0 Å². The normalized spacial score (nSPS) is 13.4. The van der Waals surface area contributed by atoms with Crippen LogP contribution in [0.5, 0.6) is 0 Å². The van der Waals surface area contributed by atoms with Gasteiger partial charge in [-0.25, -0.2) is 0 Å². The van der Waals surface area contributed by atoms with Gasteiger partial charge in [0, 0.05) is 0 Å². The molecule has 0 aromatic heterocycles. The summed E-state index contributed by atoms with van der Waals surface area (Å²) in [5.74, 6) is 0. The predicted octanol–water partition coefficient (Wildman–Crippen LogP) is 1.67. The van der Waals surface area contributed by atoms with Gasteiger partial charge >= 0.3 is 0 Å². The molecule has 0 aromatic rings. The van der Waals surface area contributed by atoms with Crippen LogP contribution in [-0.4, -0.2) is 17.8 Å². The highest BCUT2D eigenvalue weighted by molar-refractivity contribution is 4.54. The first-order chi connectivity index (χ1) is 5.31. The van der Waals surface area contributed by atoms with Gasteiger partial charge in [-0.3, -0.25) is 0 Å². The van der Waals surface area contributed by atoms with Crippen molar-refractivity contribution in [1.29, 1.82) is 0 Å². The van der Waals surface area contributed by atoms with Crippen molar-refractivity contribution in [2.24, 2.45) is 5.73 Å². The maximum absolute atomic E-state index is 9.32. The van der Waals surface area contributed by atoms with Crippen LogP contribution in [0, 0.1) is 0 Å². The molecule has 68 valence electrons. The third-order valence-electron chi connectivity index (χ3n) is 1.86. The molecule has 0 rings (SSSR count). The molecule has 0 amide bonds. The number of hydrogen-bond donors (Lipinski definition) is 2. The number of unbranched alkanes of at least 4 members (excludes halogenated alkanes) is 2. The molecule has 2 heteroatoms. The van der Waals surface area contributed by atoms with Crippen molar-refractivity contribution in [2.45, 2.75) is 51.6 Å². The summed E-state index contributed by atoms with van der Waals surface area (Å²) in [7, 11) is 0. The van der Waals surface area contributed by atoms with Crippen LogP contribution in [0.3, 0.4) is 0 Å². The molecule has 2 nitrogen and oxygen atoms in total. The van der Waals surface area contributed by atoms with Crippen LogP contribution in [0.2, 0.25) is 0 Å². The lowest BCUT2D eigenvalue weighted by atomic mass is 10.1. The van der Waals surface area contributed by atoms with Crippen LogP contribution in [0.25, 0.3) is 0 Å². The molecule has 0 aliphatic heterocycles. The Bertz CT molecular complexity index is 76.0. The van der Waals surface area contributed by atoms with Crippen LogP contribution >= 0.6 is 0 Å². The lowest BCUT2D eigenvalue weighted by Gasteiger charge is -2.07. The zero-order chi connectivity index (χ0) is 8.53. The van der Waals surface area contributed by atoms with E-state index in [4.69, 9.17) is 5.73 Å². The van der Waals surface area contributed by atoms with Crippen LogP contribution in [0.15, 0.2) is 0 Å². The van der Waals surface area contributed by atoms with E-state index in [9.17, 15) is 5.11 Å². The van der Waals surface area contributed by atoms with Crippen LogP contribution in [0.1, 0.15) is 45.4 Å². The number of hydrogen-bond acceptors (Lipinski definition) is 2. The summed E-state index contributed by atoms with van der Waals surface area (Å²) in [6.45, 7) is 2.88. The topological polar surface area (TPSA) is 46.2 Å². The van der Waals surface area contributed by atoms with E-state index in [-0.39, 0.29) is 6.10 Å². The first kappa shape index (κ1) is 10.9. The highest BCUT2D eigenvalue weighted by Crippen LogP contribution is 2.07. The average molecular weight is 159 g/mol. The van der Waals surface area contributed by atoms with Gasteiger partial charge < -0.3 is 10.8 Å². The van der Waals surface area contributed by atoms with Crippen molar-refractivity contribution in [3.05, 3.63) is 0 Å². The zero-order valence-corrected chi connectivity index (χ0v) is 7.55. The quantitative estimate of drug-likeness (QED) is 0.555. The second kappa shape index (κ2) is 8.02. The SMILES string of the molecule is CCCC(O)CCCCCN. The van der Waals surface area contributed by atoms with Crippen LogP contribution in [0.4, 0.5) is 0 Å². The fourth-order valence-corrected chi connectivity index (χ4v) is 1.18. The van der Waals surface area contributed by atoms with Gasteiger partial charge in [0.25, 0.3) is 0 Å². The van der Waals surface area contributed by atoms with Gasteiger partial charge in [0.05, 0.1) is 6.10 Å². The fraction of sp³-hybridized carbons (Fsp3) is 1.00. The average Bonchev–Trinajstić information content (AvgIpc) is 1.99. The minimum absolute atomic E-state index is 0.0715. The standard InChI is InChI=1S/C9H21NO/c1-2-6-9(11)7-4-3-5-8-10/h9,11H,2-8,10H2,1H3. The van der Waals surface area contributed by atoms with Crippen LogP contribution in [-0.2, 0) is 0 Å². The van der Waals surface area contributed by atoms with Gasteiger partial charge in [0.2, 0.25) is 0 Å². The molecule has 0 aliphatic rings. The molecule has 1 atom stereocenters. The summed E-state index contributed by atoms with van der Waals surface area (Å²) in [6.07, 6.45) is 6.29. The molecule has 0 fully saturated rings. The van der Waals surface area contributed by atoms with Crippen molar-refractivity contribution in [3.8, 4) is 0 Å². The minimum atomic E-state index is -0.0715. The zero-order valence-electron chi connectivity index (χ0n) is 7.55. The molecule has 0 aromatic carbocycles. The van der Waals surface area contributed by atoms with Crippen LogP contribution < -0.4 is 5.73 Å². The Morgan fingerprint density at radius 1 is 1.18 bits per heavy atom. The lowest BCUT2D eigenvalue weighted by molar-refractivity contribution is 0.150. The van der Waals surface area contributed by atoms with Gasteiger partial charge in [0.15, 0.2) is 0 Å². The van der Waals surface area contributed by atoms with Crippen molar-refractivity contribution >= 4 is 0 Å². The molecule has 1 unspecified atom stereocenters. The molecule has 3 N–H and O–H groups in total. The van der Waals surface area contributed by atoms with E-state index in [2.05, 4.69) is 6.92 Å². The Morgan fingerprint density at radius 3 is 2.45 bits per heavy atom. The Labute approximate surface area is 69.8 Å². The summed E-state index contributed by atoms with van der Waals surface area (Å²) in [4.78, 5) is 0. The third-order valence-corrected chi connectivity index (χ3v) is 1.86. The smallest absolute Gasteiger partial charge is 0.0540 e. The van der Waals surface area contributed by atoms with Gasteiger partial charge in [-0.05, 0) is 25.8 Å². The summed E-state index contributed by atoms with van der Waals surface area (Å²) in [5.41, 5.74) is 5.34. The molecule has 0 spiro atoms. The monoisotopic (exact) mass is 159 g/mol. The van der Waals surface area contributed by atoms with Gasteiger partial charge in [-0.2, -0.15) is 0 Å². The molecular weight excluding hydrogens is 138 g/mol.